The van der Waals surface area contributed by atoms with Gasteiger partial charge in [0.1, 0.15) is 0 Å². The molecule has 3 heteroatoms. The molecule has 1 unspecified atom stereocenters. The Hall–Kier alpha value is -1.02. The van der Waals surface area contributed by atoms with Crippen LogP contribution in [0, 0.1) is 5.92 Å². The van der Waals surface area contributed by atoms with E-state index in [2.05, 4.69) is 17.4 Å². The van der Waals surface area contributed by atoms with Crippen molar-refractivity contribution in [2.24, 2.45) is 5.92 Å². The Bertz CT molecular complexity index is 506. The van der Waals surface area contributed by atoms with Crippen molar-refractivity contribution in [3.05, 3.63) is 29.3 Å². The molecular formula is C18H24ClNO. The van der Waals surface area contributed by atoms with Crippen LogP contribution in [0.4, 0.5) is 5.69 Å². The number of fused-ring (bicyclic) bond motifs is 1. The van der Waals surface area contributed by atoms with Crippen LogP contribution in [-0.4, -0.2) is 5.91 Å². The summed E-state index contributed by atoms with van der Waals surface area (Å²) in [4.78, 5) is 11.4. The molecule has 1 saturated carbocycles. The molecule has 1 aliphatic heterocycles. The number of benzene rings is 1. The predicted octanol–water partition coefficient (Wildman–Crippen LogP) is 5.21. The topological polar surface area (TPSA) is 29.1 Å². The van der Waals surface area contributed by atoms with Crippen LogP contribution in [0.3, 0.4) is 0 Å². The SMILES string of the molecule is O=C1CCc2cc(C(Cl)CC3CCCCCC3)ccc2N1. The second kappa shape index (κ2) is 6.83. The van der Waals surface area contributed by atoms with Crippen molar-refractivity contribution in [1.29, 1.82) is 0 Å². The van der Waals surface area contributed by atoms with Gasteiger partial charge in [0.05, 0.1) is 5.38 Å². The quantitative estimate of drug-likeness (QED) is 0.602. The highest BCUT2D eigenvalue weighted by Crippen LogP contribution is 2.36. The van der Waals surface area contributed by atoms with Crippen LogP contribution in [-0.2, 0) is 11.2 Å². The average molecular weight is 306 g/mol. The summed E-state index contributed by atoms with van der Waals surface area (Å²) >= 11 is 6.68. The van der Waals surface area contributed by atoms with E-state index < -0.39 is 0 Å². The first-order valence-electron chi connectivity index (χ1n) is 8.29. The van der Waals surface area contributed by atoms with Crippen LogP contribution in [0.15, 0.2) is 18.2 Å². The van der Waals surface area contributed by atoms with Gasteiger partial charge in [0, 0.05) is 12.1 Å². The van der Waals surface area contributed by atoms with Gasteiger partial charge in [-0.15, -0.1) is 11.6 Å². The maximum atomic E-state index is 11.4. The maximum absolute atomic E-state index is 11.4. The summed E-state index contributed by atoms with van der Waals surface area (Å²) in [6.07, 6.45) is 10.7. The molecule has 1 atom stereocenters. The van der Waals surface area contributed by atoms with Crippen LogP contribution in [0.5, 0.6) is 0 Å². The summed E-state index contributed by atoms with van der Waals surface area (Å²) in [6, 6.07) is 6.30. The lowest BCUT2D eigenvalue weighted by Gasteiger charge is -2.21. The van der Waals surface area contributed by atoms with Crippen molar-refractivity contribution >= 4 is 23.2 Å². The highest BCUT2D eigenvalue weighted by atomic mass is 35.5. The Morgan fingerprint density at radius 2 is 1.90 bits per heavy atom. The first kappa shape index (κ1) is 14.9. The number of nitrogens with one attached hydrogen (secondary N) is 1. The van der Waals surface area contributed by atoms with E-state index in [0.29, 0.717) is 6.42 Å². The largest absolute Gasteiger partial charge is 0.326 e. The van der Waals surface area contributed by atoms with Crippen LogP contribution >= 0.6 is 11.6 Å². The molecule has 0 radical (unpaired) electrons. The fourth-order valence-electron chi connectivity index (χ4n) is 3.63. The van der Waals surface area contributed by atoms with E-state index in [-0.39, 0.29) is 11.3 Å². The molecule has 0 bridgehead atoms. The summed E-state index contributed by atoms with van der Waals surface area (Å²) in [6.45, 7) is 0. The minimum absolute atomic E-state index is 0.107. The van der Waals surface area contributed by atoms with Crippen molar-refractivity contribution in [2.75, 3.05) is 5.32 Å². The highest BCUT2D eigenvalue weighted by Gasteiger charge is 2.20. The molecule has 1 amide bonds. The third-order valence-electron chi connectivity index (χ3n) is 4.90. The molecule has 1 aromatic carbocycles. The van der Waals surface area contributed by atoms with Gasteiger partial charge in [0.15, 0.2) is 0 Å². The van der Waals surface area contributed by atoms with Crippen molar-refractivity contribution in [1.82, 2.24) is 0 Å². The van der Waals surface area contributed by atoms with E-state index >= 15 is 0 Å². The average Bonchev–Trinajstić information content (AvgIpc) is 2.75. The highest BCUT2D eigenvalue weighted by molar-refractivity contribution is 6.20. The van der Waals surface area contributed by atoms with E-state index in [1.807, 2.05) is 6.07 Å². The number of hydrogen-bond donors (Lipinski definition) is 1. The van der Waals surface area contributed by atoms with E-state index in [1.165, 1.54) is 49.7 Å². The van der Waals surface area contributed by atoms with E-state index in [1.54, 1.807) is 0 Å². The number of amides is 1. The Morgan fingerprint density at radius 3 is 2.67 bits per heavy atom. The Labute approximate surface area is 132 Å². The second-order valence-electron chi connectivity index (χ2n) is 6.53. The fourth-order valence-corrected chi connectivity index (χ4v) is 4.01. The van der Waals surface area contributed by atoms with Gasteiger partial charge in [-0.3, -0.25) is 4.79 Å². The molecule has 0 spiro atoms. The number of alkyl halides is 1. The van der Waals surface area contributed by atoms with Gasteiger partial charge in [-0.1, -0.05) is 50.7 Å². The summed E-state index contributed by atoms with van der Waals surface area (Å²) < 4.78 is 0. The summed E-state index contributed by atoms with van der Waals surface area (Å²) in [5.41, 5.74) is 3.42. The van der Waals surface area contributed by atoms with Gasteiger partial charge in [0.25, 0.3) is 0 Å². The number of rotatable bonds is 3. The van der Waals surface area contributed by atoms with Gasteiger partial charge < -0.3 is 5.32 Å². The number of halogens is 1. The lowest BCUT2D eigenvalue weighted by atomic mass is 9.91. The molecule has 0 saturated heterocycles. The standard InChI is InChI=1S/C18H24ClNO/c19-16(11-13-5-3-1-2-4-6-13)14-7-9-17-15(12-14)8-10-18(21)20-17/h7,9,12-13,16H,1-6,8,10-11H2,(H,20,21). The Morgan fingerprint density at radius 1 is 1.14 bits per heavy atom. The molecule has 1 aliphatic carbocycles. The summed E-state index contributed by atoms with van der Waals surface area (Å²) in [5, 5.41) is 3.04. The van der Waals surface area contributed by atoms with Crippen LogP contribution in [0.1, 0.15) is 67.9 Å². The van der Waals surface area contributed by atoms with Crippen molar-refractivity contribution in [2.45, 2.75) is 63.2 Å². The molecular weight excluding hydrogens is 282 g/mol. The smallest absolute Gasteiger partial charge is 0.224 e. The van der Waals surface area contributed by atoms with Gasteiger partial charge in [-0.05, 0) is 36.0 Å². The zero-order chi connectivity index (χ0) is 14.7. The van der Waals surface area contributed by atoms with Gasteiger partial charge >= 0.3 is 0 Å². The zero-order valence-corrected chi connectivity index (χ0v) is 13.3. The molecule has 1 N–H and O–H groups in total. The monoisotopic (exact) mass is 305 g/mol. The molecule has 1 aromatic rings. The number of carbonyl (C=O) groups excluding carboxylic acids is 1. The molecule has 114 valence electrons. The maximum Gasteiger partial charge on any atom is 0.224 e. The first-order chi connectivity index (χ1) is 10.2. The first-order valence-corrected chi connectivity index (χ1v) is 8.73. The van der Waals surface area contributed by atoms with E-state index in [9.17, 15) is 4.79 Å². The molecule has 0 aromatic heterocycles. The summed E-state index contributed by atoms with van der Waals surface area (Å²) in [7, 11) is 0. The minimum atomic E-state index is 0.107. The molecule has 1 fully saturated rings. The molecule has 21 heavy (non-hydrogen) atoms. The lowest BCUT2D eigenvalue weighted by molar-refractivity contribution is -0.116. The third kappa shape index (κ3) is 3.79. The fraction of sp³-hybridized carbons (Fsp3) is 0.611. The van der Waals surface area contributed by atoms with Gasteiger partial charge in [-0.25, -0.2) is 0 Å². The number of aryl methyl sites for hydroxylation is 1. The van der Waals surface area contributed by atoms with Crippen molar-refractivity contribution in [3.8, 4) is 0 Å². The molecule has 2 nitrogen and oxygen atoms in total. The predicted molar refractivity (Wildman–Crippen MR) is 87.8 cm³/mol. The van der Waals surface area contributed by atoms with Crippen LogP contribution in [0.2, 0.25) is 0 Å². The summed E-state index contributed by atoms with van der Waals surface area (Å²) in [5.74, 6) is 0.905. The Balaban J connectivity index is 1.67. The van der Waals surface area contributed by atoms with Crippen molar-refractivity contribution in [3.63, 3.8) is 0 Å². The van der Waals surface area contributed by atoms with E-state index in [0.717, 1.165) is 24.4 Å². The van der Waals surface area contributed by atoms with E-state index in [4.69, 9.17) is 11.6 Å². The third-order valence-corrected chi connectivity index (χ3v) is 5.33. The minimum Gasteiger partial charge on any atom is -0.326 e. The number of carbonyl (C=O) groups is 1. The number of anilines is 1. The molecule has 2 aliphatic rings. The Kier molecular flexibility index (Phi) is 4.84. The number of hydrogen-bond acceptors (Lipinski definition) is 1. The molecule has 3 rings (SSSR count). The van der Waals surface area contributed by atoms with Crippen LogP contribution < -0.4 is 5.32 Å². The van der Waals surface area contributed by atoms with Crippen LogP contribution in [0.25, 0.3) is 0 Å². The molecule has 1 heterocycles. The van der Waals surface area contributed by atoms with Crippen molar-refractivity contribution < 1.29 is 4.79 Å². The lowest BCUT2D eigenvalue weighted by Crippen LogP contribution is -2.19. The zero-order valence-electron chi connectivity index (χ0n) is 12.5. The second-order valence-corrected chi connectivity index (χ2v) is 7.05. The normalized spacial score (nSPS) is 21.3. The van der Waals surface area contributed by atoms with Gasteiger partial charge in [0.2, 0.25) is 5.91 Å². The van der Waals surface area contributed by atoms with Gasteiger partial charge in [-0.2, -0.15) is 0 Å².